The van der Waals surface area contributed by atoms with Crippen LogP contribution in [0.1, 0.15) is 37.8 Å². The van der Waals surface area contributed by atoms with Crippen LogP contribution in [0.15, 0.2) is 81.4 Å². The monoisotopic (exact) mass is 420 g/mol. The Morgan fingerprint density at radius 2 is 1.79 bits per heavy atom. The van der Waals surface area contributed by atoms with Crippen molar-refractivity contribution in [3.63, 3.8) is 0 Å². The Balaban J connectivity index is 1.92. The number of carbonyl (C=O) groups is 1. The molecule has 148 valence electrons. The standard InChI is InChI=1S/C24H24N2OS2/c1-4-18-10-12-19(13-11-18)23-21(14-25)24(26-16(2)22(23)17(3)27)29-15-28-20-8-6-5-7-9-20/h5-13,23,26H,4,15H2,1-3H3. The van der Waals surface area contributed by atoms with Crippen LogP contribution < -0.4 is 5.32 Å². The number of nitriles is 1. The first-order valence-corrected chi connectivity index (χ1v) is 11.5. The second-order valence-corrected chi connectivity index (χ2v) is 9.22. The van der Waals surface area contributed by atoms with E-state index in [4.69, 9.17) is 0 Å². The normalized spacial score (nSPS) is 16.4. The van der Waals surface area contributed by atoms with Gasteiger partial charge in [-0.15, -0.1) is 11.8 Å². The van der Waals surface area contributed by atoms with Gasteiger partial charge >= 0.3 is 0 Å². The molecule has 3 nitrogen and oxygen atoms in total. The fraction of sp³-hybridized carbons (Fsp3) is 0.250. The van der Waals surface area contributed by atoms with Gasteiger partial charge in [0.2, 0.25) is 0 Å². The first-order valence-electron chi connectivity index (χ1n) is 9.57. The largest absolute Gasteiger partial charge is 0.353 e. The Morgan fingerprint density at radius 3 is 2.38 bits per heavy atom. The number of nitrogens with one attached hydrogen (secondary N) is 1. The number of nitrogens with zero attached hydrogens (tertiary/aromatic N) is 1. The lowest BCUT2D eigenvalue weighted by molar-refractivity contribution is -0.113. The van der Waals surface area contributed by atoms with E-state index in [9.17, 15) is 10.1 Å². The number of hydrogen-bond acceptors (Lipinski definition) is 5. The molecule has 0 saturated heterocycles. The van der Waals surface area contributed by atoms with E-state index < -0.39 is 0 Å². The highest BCUT2D eigenvalue weighted by Crippen LogP contribution is 2.41. The van der Waals surface area contributed by atoms with E-state index in [1.165, 1.54) is 10.5 Å². The van der Waals surface area contributed by atoms with Crippen molar-refractivity contribution in [2.75, 3.05) is 5.08 Å². The molecule has 1 aliphatic heterocycles. The summed E-state index contributed by atoms with van der Waals surface area (Å²) in [6.07, 6.45) is 0.958. The Morgan fingerprint density at radius 1 is 1.10 bits per heavy atom. The molecule has 3 rings (SSSR count). The molecule has 0 bridgehead atoms. The maximum absolute atomic E-state index is 12.4. The summed E-state index contributed by atoms with van der Waals surface area (Å²) in [6, 6.07) is 20.8. The van der Waals surface area contributed by atoms with E-state index in [1.54, 1.807) is 30.4 Å². The highest BCUT2D eigenvalue weighted by atomic mass is 32.2. The molecule has 2 aromatic rings. The SMILES string of the molecule is CCc1ccc(C2C(C#N)=C(SCSc3ccccc3)NC(C)=C2C(C)=O)cc1. The smallest absolute Gasteiger partial charge is 0.158 e. The van der Waals surface area contributed by atoms with Crippen LogP contribution in [0.4, 0.5) is 0 Å². The van der Waals surface area contributed by atoms with Gasteiger partial charge < -0.3 is 5.32 Å². The summed E-state index contributed by atoms with van der Waals surface area (Å²) in [5.41, 5.74) is 4.34. The third-order valence-electron chi connectivity index (χ3n) is 4.92. The Hall–Kier alpha value is -2.42. The van der Waals surface area contributed by atoms with Crippen molar-refractivity contribution in [1.82, 2.24) is 5.32 Å². The molecular formula is C24H24N2OS2. The second-order valence-electron chi connectivity index (χ2n) is 6.82. The molecule has 0 spiro atoms. The molecule has 1 heterocycles. The number of thioether (sulfide) groups is 2. The average Bonchev–Trinajstić information content (AvgIpc) is 2.74. The van der Waals surface area contributed by atoms with Crippen LogP contribution in [0.3, 0.4) is 0 Å². The Labute approximate surface area is 181 Å². The van der Waals surface area contributed by atoms with Crippen molar-refractivity contribution < 1.29 is 4.79 Å². The third-order valence-corrected chi connectivity index (χ3v) is 7.08. The van der Waals surface area contributed by atoms with Gasteiger partial charge in [0.05, 0.1) is 27.7 Å². The molecule has 2 aromatic carbocycles. The number of carbonyl (C=O) groups excluding carboxylic acids is 1. The van der Waals surface area contributed by atoms with E-state index in [2.05, 4.69) is 42.6 Å². The second kappa shape index (κ2) is 9.87. The average molecular weight is 421 g/mol. The Bertz CT molecular complexity index is 986. The Kier molecular flexibility index (Phi) is 7.24. The van der Waals surface area contributed by atoms with Gasteiger partial charge in [-0.3, -0.25) is 4.79 Å². The number of aryl methyl sites for hydroxylation is 1. The topological polar surface area (TPSA) is 52.9 Å². The summed E-state index contributed by atoms with van der Waals surface area (Å²) in [5.74, 6) is -0.330. The van der Waals surface area contributed by atoms with Crippen molar-refractivity contribution in [3.8, 4) is 6.07 Å². The van der Waals surface area contributed by atoms with Gasteiger partial charge in [-0.2, -0.15) is 5.26 Å². The number of dihydropyridines is 1. The molecule has 0 aliphatic carbocycles. The van der Waals surface area contributed by atoms with Crippen LogP contribution in [0, 0.1) is 11.3 Å². The summed E-state index contributed by atoms with van der Waals surface area (Å²) in [4.78, 5) is 13.6. The first-order chi connectivity index (χ1) is 14.0. The van der Waals surface area contributed by atoms with E-state index in [-0.39, 0.29) is 11.7 Å². The number of rotatable bonds is 7. The number of benzene rings is 2. The highest BCUT2D eigenvalue weighted by molar-refractivity contribution is 8.17. The van der Waals surface area contributed by atoms with Crippen LogP contribution in [0.2, 0.25) is 0 Å². The van der Waals surface area contributed by atoms with E-state index in [1.807, 2.05) is 37.3 Å². The van der Waals surface area contributed by atoms with Gasteiger partial charge in [-0.05, 0) is 43.5 Å². The van der Waals surface area contributed by atoms with Crippen molar-refractivity contribution in [1.29, 1.82) is 5.26 Å². The van der Waals surface area contributed by atoms with Gasteiger partial charge in [-0.1, -0.05) is 61.2 Å². The van der Waals surface area contributed by atoms with Crippen molar-refractivity contribution >= 4 is 29.3 Å². The van der Waals surface area contributed by atoms with E-state index in [0.29, 0.717) is 11.1 Å². The molecule has 1 atom stereocenters. The van der Waals surface area contributed by atoms with E-state index >= 15 is 0 Å². The molecule has 29 heavy (non-hydrogen) atoms. The predicted octanol–water partition coefficient (Wildman–Crippen LogP) is 6.02. The van der Waals surface area contributed by atoms with Crippen LogP contribution in [0.25, 0.3) is 0 Å². The minimum absolute atomic E-state index is 0.00460. The summed E-state index contributed by atoms with van der Waals surface area (Å²) >= 11 is 3.35. The zero-order valence-electron chi connectivity index (χ0n) is 16.9. The van der Waals surface area contributed by atoms with Crippen molar-refractivity contribution in [2.24, 2.45) is 0 Å². The van der Waals surface area contributed by atoms with Gasteiger partial charge in [-0.25, -0.2) is 0 Å². The third kappa shape index (κ3) is 4.95. The molecular weight excluding hydrogens is 396 g/mol. The predicted molar refractivity (Wildman–Crippen MR) is 122 cm³/mol. The lowest BCUT2D eigenvalue weighted by Crippen LogP contribution is -2.27. The fourth-order valence-electron chi connectivity index (χ4n) is 3.45. The molecule has 1 N–H and O–H groups in total. The minimum atomic E-state index is -0.325. The molecule has 0 amide bonds. The summed E-state index contributed by atoms with van der Waals surface area (Å²) in [7, 11) is 0. The van der Waals surface area contributed by atoms with Crippen LogP contribution >= 0.6 is 23.5 Å². The number of ketones is 1. The molecule has 0 saturated carbocycles. The van der Waals surface area contributed by atoms with Gasteiger partial charge in [0, 0.05) is 16.2 Å². The zero-order chi connectivity index (χ0) is 20.8. The lowest BCUT2D eigenvalue weighted by Gasteiger charge is -2.29. The maximum Gasteiger partial charge on any atom is 0.158 e. The fourth-order valence-corrected chi connectivity index (χ4v) is 5.59. The van der Waals surface area contributed by atoms with Crippen LogP contribution in [-0.2, 0) is 11.2 Å². The van der Waals surface area contributed by atoms with Crippen LogP contribution in [0.5, 0.6) is 0 Å². The molecule has 0 fully saturated rings. The zero-order valence-corrected chi connectivity index (χ0v) is 18.5. The van der Waals surface area contributed by atoms with E-state index in [0.717, 1.165) is 27.8 Å². The minimum Gasteiger partial charge on any atom is -0.353 e. The first kappa shape index (κ1) is 21.3. The van der Waals surface area contributed by atoms with Crippen LogP contribution in [-0.4, -0.2) is 10.9 Å². The highest BCUT2D eigenvalue weighted by Gasteiger charge is 2.32. The van der Waals surface area contributed by atoms with Gasteiger partial charge in [0.1, 0.15) is 0 Å². The quantitative estimate of drug-likeness (QED) is 0.439. The molecule has 5 heteroatoms. The molecule has 0 aromatic heterocycles. The number of Topliss-reactive ketones (excluding diaryl/α,β-unsaturated/α-hetero) is 1. The van der Waals surface area contributed by atoms with Gasteiger partial charge in [0.15, 0.2) is 5.78 Å². The number of hydrogen-bond donors (Lipinski definition) is 1. The van der Waals surface area contributed by atoms with Crippen molar-refractivity contribution in [2.45, 2.75) is 38.0 Å². The summed E-state index contributed by atoms with van der Waals surface area (Å²) in [5, 5.41) is 14.9. The number of allylic oxidation sites excluding steroid dienone is 3. The molecule has 1 unspecified atom stereocenters. The maximum atomic E-state index is 12.4. The summed E-state index contributed by atoms with van der Waals surface area (Å²) < 4.78 is 0. The van der Waals surface area contributed by atoms with Gasteiger partial charge in [0.25, 0.3) is 0 Å². The lowest BCUT2D eigenvalue weighted by atomic mass is 9.81. The molecule has 0 radical (unpaired) electrons. The van der Waals surface area contributed by atoms with Crippen molar-refractivity contribution in [3.05, 3.63) is 87.6 Å². The molecule has 1 aliphatic rings. The summed E-state index contributed by atoms with van der Waals surface area (Å²) in [6.45, 7) is 5.61.